The number of carbonyl (C=O) groups excluding carboxylic acids is 2. The van der Waals surface area contributed by atoms with Crippen molar-refractivity contribution >= 4 is 23.9 Å². The zero-order chi connectivity index (χ0) is 12.7. The first-order valence-corrected chi connectivity index (χ1v) is 3.90. The topological polar surface area (TPSA) is 118 Å². The average Bonchev–Trinajstić information content (AvgIpc) is 2.15. The Morgan fingerprint density at radius 3 is 2.12 bits per heavy atom. The predicted molar refractivity (Wildman–Crippen MR) is 49.3 cm³/mol. The Kier molecular flexibility index (Phi) is 5.19. The lowest BCUT2D eigenvalue weighted by atomic mass is 10.2. The van der Waals surface area contributed by atoms with Crippen LogP contribution in [0.15, 0.2) is 24.3 Å². The molecule has 0 aliphatic rings. The van der Waals surface area contributed by atoms with Crippen LogP contribution in [0.5, 0.6) is 0 Å². The van der Waals surface area contributed by atoms with Crippen LogP contribution in [-0.4, -0.2) is 34.1 Å². The molecule has 0 bridgehead atoms. The maximum Gasteiger partial charge on any atom is 0.337 e. The normalized spacial score (nSPS) is 10.4. The molecule has 16 heavy (non-hydrogen) atoms. The van der Waals surface area contributed by atoms with Crippen LogP contribution >= 0.6 is 0 Å². The number of esters is 2. The Hall–Kier alpha value is -2.44. The van der Waals surface area contributed by atoms with Gasteiger partial charge in [-0.25, -0.2) is 14.4 Å². The van der Waals surface area contributed by atoms with E-state index in [4.69, 9.17) is 10.2 Å². The smallest absolute Gasteiger partial charge is 0.337 e. The highest BCUT2D eigenvalue weighted by molar-refractivity contribution is 6.00. The minimum absolute atomic E-state index is 0.349. The van der Waals surface area contributed by atoms with Gasteiger partial charge in [0.05, 0.1) is 12.0 Å². The summed E-state index contributed by atoms with van der Waals surface area (Å²) in [6.45, 7) is 3.02. The zero-order valence-corrected chi connectivity index (χ0v) is 8.00. The summed E-state index contributed by atoms with van der Waals surface area (Å²) in [6.07, 6.45) is 0.252. The van der Waals surface area contributed by atoms with E-state index in [0.717, 1.165) is 6.08 Å². The summed E-state index contributed by atoms with van der Waals surface area (Å²) in [6, 6.07) is 0. The van der Waals surface area contributed by atoms with Gasteiger partial charge in [-0.2, -0.15) is 0 Å². The summed E-state index contributed by atoms with van der Waals surface area (Å²) in [7, 11) is 0. The SMILES string of the molecule is C=CC(=O)OC(=O)CC(=CC(=O)O)C(=O)O. The molecule has 0 aliphatic carbocycles. The van der Waals surface area contributed by atoms with Gasteiger partial charge < -0.3 is 14.9 Å². The van der Waals surface area contributed by atoms with Crippen molar-refractivity contribution in [1.29, 1.82) is 0 Å². The lowest BCUT2D eigenvalue weighted by Gasteiger charge is -2.00. The molecule has 0 amide bonds. The number of carbonyl (C=O) groups is 4. The van der Waals surface area contributed by atoms with Crippen LogP contribution in [0.2, 0.25) is 0 Å². The van der Waals surface area contributed by atoms with E-state index in [1.54, 1.807) is 0 Å². The fraction of sp³-hybridized carbons (Fsp3) is 0.111. The van der Waals surface area contributed by atoms with Crippen molar-refractivity contribution in [1.82, 2.24) is 0 Å². The first-order valence-electron chi connectivity index (χ1n) is 3.90. The van der Waals surface area contributed by atoms with Crippen LogP contribution in [0.1, 0.15) is 6.42 Å². The van der Waals surface area contributed by atoms with Gasteiger partial charge in [-0.15, -0.1) is 0 Å². The molecule has 0 fully saturated rings. The minimum Gasteiger partial charge on any atom is -0.478 e. The van der Waals surface area contributed by atoms with Gasteiger partial charge in [0.2, 0.25) is 0 Å². The number of carboxylic acids is 2. The molecule has 0 aromatic rings. The Balaban J connectivity index is 4.60. The molecular formula is C9H8O7. The van der Waals surface area contributed by atoms with E-state index in [2.05, 4.69) is 11.3 Å². The maximum atomic E-state index is 10.9. The Labute approximate surface area is 89.6 Å². The van der Waals surface area contributed by atoms with Crippen LogP contribution in [0, 0.1) is 0 Å². The van der Waals surface area contributed by atoms with E-state index in [0.29, 0.717) is 6.08 Å². The number of aliphatic carboxylic acids is 2. The van der Waals surface area contributed by atoms with Gasteiger partial charge in [-0.05, 0) is 0 Å². The summed E-state index contributed by atoms with van der Waals surface area (Å²) in [5, 5.41) is 16.8. The van der Waals surface area contributed by atoms with E-state index in [-0.39, 0.29) is 0 Å². The Bertz CT molecular complexity index is 377. The first-order chi connectivity index (χ1) is 7.36. The fourth-order valence-corrected chi connectivity index (χ4v) is 0.683. The molecule has 0 spiro atoms. The first kappa shape index (κ1) is 13.6. The van der Waals surface area contributed by atoms with Gasteiger partial charge in [0.1, 0.15) is 0 Å². The molecule has 2 N–H and O–H groups in total. The molecule has 0 rings (SSSR count). The van der Waals surface area contributed by atoms with Crippen LogP contribution < -0.4 is 0 Å². The molecule has 0 unspecified atom stereocenters. The Morgan fingerprint density at radius 2 is 1.75 bits per heavy atom. The molecule has 0 aromatic carbocycles. The van der Waals surface area contributed by atoms with Gasteiger partial charge in [0.25, 0.3) is 0 Å². The van der Waals surface area contributed by atoms with Gasteiger partial charge >= 0.3 is 23.9 Å². The van der Waals surface area contributed by atoms with Crippen molar-refractivity contribution in [3.8, 4) is 0 Å². The quantitative estimate of drug-likeness (QED) is 0.377. The van der Waals surface area contributed by atoms with Gasteiger partial charge in [0.15, 0.2) is 0 Å². The van der Waals surface area contributed by atoms with Gasteiger partial charge in [-0.3, -0.25) is 4.79 Å². The molecule has 86 valence electrons. The summed E-state index contributed by atoms with van der Waals surface area (Å²) < 4.78 is 4.07. The predicted octanol–water partition coefficient (Wildman–Crippen LogP) is -0.272. The number of ether oxygens (including phenoxy) is 1. The van der Waals surface area contributed by atoms with Crippen LogP contribution in [-0.2, 0) is 23.9 Å². The molecule has 0 atom stereocenters. The molecule has 0 saturated heterocycles. The third kappa shape index (κ3) is 5.32. The van der Waals surface area contributed by atoms with Gasteiger partial charge in [-0.1, -0.05) is 6.58 Å². The second-order valence-corrected chi connectivity index (χ2v) is 2.49. The molecule has 7 nitrogen and oxygen atoms in total. The molecule has 7 heteroatoms. The highest BCUT2D eigenvalue weighted by atomic mass is 16.6. The number of carboxylic acid groups (broad SMARTS) is 2. The van der Waals surface area contributed by atoms with Crippen LogP contribution in [0.3, 0.4) is 0 Å². The number of hydrogen-bond donors (Lipinski definition) is 2. The molecule has 0 aliphatic heterocycles. The van der Waals surface area contributed by atoms with Crippen molar-refractivity contribution in [3.05, 3.63) is 24.3 Å². The number of rotatable bonds is 5. The van der Waals surface area contributed by atoms with E-state index < -0.39 is 35.9 Å². The van der Waals surface area contributed by atoms with Crippen LogP contribution in [0.25, 0.3) is 0 Å². The highest BCUT2D eigenvalue weighted by Gasteiger charge is 2.16. The average molecular weight is 228 g/mol. The zero-order valence-electron chi connectivity index (χ0n) is 8.00. The van der Waals surface area contributed by atoms with Crippen LogP contribution in [0.4, 0.5) is 0 Å². The van der Waals surface area contributed by atoms with E-state index >= 15 is 0 Å². The summed E-state index contributed by atoms with van der Waals surface area (Å²) >= 11 is 0. The monoisotopic (exact) mass is 228 g/mol. The molecule has 0 saturated carbocycles. The van der Waals surface area contributed by atoms with Crippen molar-refractivity contribution < 1.29 is 34.1 Å². The fourth-order valence-electron chi connectivity index (χ4n) is 0.683. The standard InChI is InChI=1S/C9H8O7/c1-2-7(12)16-8(13)4-5(9(14)15)3-6(10)11/h2-3H,1,4H2,(H,10,11)(H,14,15). The third-order valence-corrected chi connectivity index (χ3v) is 1.29. The summed E-state index contributed by atoms with van der Waals surface area (Å²) in [4.78, 5) is 42.2. The third-order valence-electron chi connectivity index (χ3n) is 1.29. The second-order valence-electron chi connectivity index (χ2n) is 2.49. The highest BCUT2D eigenvalue weighted by Crippen LogP contribution is 2.03. The van der Waals surface area contributed by atoms with Crippen molar-refractivity contribution in [2.24, 2.45) is 0 Å². The maximum absolute atomic E-state index is 10.9. The van der Waals surface area contributed by atoms with Crippen molar-refractivity contribution in [2.75, 3.05) is 0 Å². The van der Waals surface area contributed by atoms with Crippen molar-refractivity contribution in [3.63, 3.8) is 0 Å². The molecule has 0 radical (unpaired) electrons. The molecular weight excluding hydrogens is 220 g/mol. The van der Waals surface area contributed by atoms with E-state index in [1.165, 1.54) is 0 Å². The lowest BCUT2D eigenvalue weighted by molar-refractivity contribution is -0.156. The van der Waals surface area contributed by atoms with Crippen molar-refractivity contribution in [2.45, 2.75) is 6.42 Å². The van der Waals surface area contributed by atoms with E-state index in [1.807, 2.05) is 0 Å². The summed E-state index contributed by atoms with van der Waals surface area (Å²) in [5.41, 5.74) is -0.686. The lowest BCUT2D eigenvalue weighted by Crippen LogP contribution is -2.14. The Morgan fingerprint density at radius 1 is 1.19 bits per heavy atom. The number of hydrogen-bond acceptors (Lipinski definition) is 5. The molecule has 0 aromatic heterocycles. The largest absolute Gasteiger partial charge is 0.478 e. The second kappa shape index (κ2) is 6.12. The van der Waals surface area contributed by atoms with E-state index in [9.17, 15) is 19.2 Å². The van der Waals surface area contributed by atoms with Gasteiger partial charge in [0, 0.05) is 12.2 Å². The minimum atomic E-state index is -1.58. The molecule has 0 heterocycles. The summed E-state index contributed by atoms with van der Waals surface area (Å²) in [5.74, 6) is -5.30.